The maximum atomic E-state index is 13.4. The highest BCUT2D eigenvalue weighted by Crippen LogP contribution is 2.20. The zero-order valence-electron chi connectivity index (χ0n) is 23.3. The number of rotatable bonds is 15. The average molecular weight is 575 g/mol. The molecular formula is C28H38N4O9. The number of benzene rings is 1. The van der Waals surface area contributed by atoms with E-state index >= 15 is 0 Å². The van der Waals surface area contributed by atoms with Crippen LogP contribution in [0.1, 0.15) is 51.0 Å². The Balaban J connectivity index is 2.16. The van der Waals surface area contributed by atoms with E-state index in [1.807, 2.05) is 6.07 Å². The van der Waals surface area contributed by atoms with Crippen LogP contribution in [0.2, 0.25) is 0 Å². The van der Waals surface area contributed by atoms with Gasteiger partial charge in [-0.3, -0.25) is 14.4 Å². The van der Waals surface area contributed by atoms with Gasteiger partial charge in [-0.05, 0) is 44.6 Å². The van der Waals surface area contributed by atoms with Crippen LogP contribution in [0.3, 0.4) is 0 Å². The van der Waals surface area contributed by atoms with E-state index in [0.29, 0.717) is 12.8 Å². The molecule has 1 aliphatic rings. The predicted molar refractivity (Wildman–Crippen MR) is 146 cm³/mol. The first kappa shape index (κ1) is 32.8. The summed E-state index contributed by atoms with van der Waals surface area (Å²) in [5.41, 5.74) is 6.03. The largest absolute Gasteiger partial charge is 0.467 e. The Morgan fingerprint density at radius 3 is 2.44 bits per heavy atom. The lowest BCUT2D eigenvalue weighted by molar-refractivity contribution is -0.152. The summed E-state index contributed by atoms with van der Waals surface area (Å²) in [6, 6.07) is 5.77. The predicted octanol–water partition coefficient (Wildman–Crippen LogP) is 1.10. The molecule has 2 rings (SSSR count). The van der Waals surface area contributed by atoms with Gasteiger partial charge in [0.2, 0.25) is 17.7 Å². The molecule has 41 heavy (non-hydrogen) atoms. The zero-order chi connectivity index (χ0) is 30.2. The molecule has 0 aromatic heterocycles. The summed E-state index contributed by atoms with van der Waals surface area (Å²) in [4.78, 5) is 75.9. The lowest BCUT2D eigenvalue weighted by Crippen LogP contribution is -2.56. The van der Waals surface area contributed by atoms with Gasteiger partial charge in [0, 0.05) is 19.0 Å². The SMILES string of the molecule is CCOC(=O)/C=C/CC[C@H](NC(=O)OCc1ccccc1)C(=O)N[C@@H](CCC(N)=O)C(=O)N1CCC[C@H]1C(=O)OC. The van der Waals surface area contributed by atoms with Crippen LogP contribution in [0.25, 0.3) is 0 Å². The van der Waals surface area contributed by atoms with Gasteiger partial charge in [-0.2, -0.15) is 0 Å². The lowest BCUT2D eigenvalue weighted by Gasteiger charge is -2.29. The van der Waals surface area contributed by atoms with Crippen LogP contribution in [0, 0.1) is 0 Å². The van der Waals surface area contributed by atoms with Gasteiger partial charge in [0.05, 0.1) is 13.7 Å². The molecule has 224 valence electrons. The minimum absolute atomic E-state index is 0.0344. The van der Waals surface area contributed by atoms with Gasteiger partial charge >= 0.3 is 18.0 Å². The van der Waals surface area contributed by atoms with Gasteiger partial charge < -0.3 is 35.5 Å². The maximum Gasteiger partial charge on any atom is 0.408 e. The Bertz CT molecular complexity index is 1090. The monoisotopic (exact) mass is 574 g/mol. The number of amides is 4. The fourth-order valence-corrected chi connectivity index (χ4v) is 4.24. The van der Waals surface area contributed by atoms with E-state index in [0.717, 1.165) is 5.56 Å². The maximum absolute atomic E-state index is 13.4. The minimum Gasteiger partial charge on any atom is -0.467 e. The van der Waals surface area contributed by atoms with E-state index in [4.69, 9.17) is 19.9 Å². The zero-order valence-corrected chi connectivity index (χ0v) is 23.3. The molecule has 1 fully saturated rings. The third-order valence-corrected chi connectivity index (χ3v) is 6.29. The molecule has 1 aromatic carbocycles. The second kappa shape index (κ2) is 17.3. The van der Waals surface area contributed by atoms with E-state index < -0.39 is 53.9 Å². The summed E-state index contributed by atoms with van der Waals surface area (Å²) >= 11 is 0. The second-order valence-electron chi connectivity index (χ2n) is 9.27. The van der Waals surface area contributed by atoms with Crippen LogP contribution in [-0.2, 0) is 44.8 Å². The van der Waals surface area contributed by atoms with Crippen molar-refractivity contribution in [2.24, 2.45) is 5.73 Å². The number of carbonyl (C=O) groups excluding carboxylic acids is 6. The number of likely N-dealkylation sites (tertiary alicyclic amines) is 1. The number of nitrogens with two attached hydrogens (primary N) is 1. The van der Waals surface area contributed by atoms with Crippen molar-refractivity contribution in [1.29, 1.82) is 0 Å². The van der Waals surface area contributed by atoms with Crippen LogP contribution in [0.15, 0.2) is 42.5 Å². The van der Waals surface area contributed by atoms with E-state index in [9.17, 15) is 28.8 Å². The highest BCUT2D eigenvalue weighted by molar-refractivity contribution is 5.93. The number of esters is 2. The summed E-state index contributed by atoms with van der Waals surface area (Å²) in [6.07, 6.45) is 2.74. The number of hydrogen-bond donors (Lipinski definition) is 3. The highest BCUT2D eigenvalue weighted by Gasteiger charge is 2.39. The Morgan fingerprint density at radius 1 is 1.05 bits per heavy atom. The number of nitrogens with zero attached hydrogens (tertiary/aromatic N) is 1. The van der Waals surface area contributed by atoms with Gasteiger partial charge in [-0.25, -0.2) is 14.4 Å². The summed E-state index contributed by atoms with van der Waals surface area (Å²) in [5, 5.41) is 5.10. The lowest BCUT2D eigenvalue weighted by atomic mass is 10.1. The second-order valence-corrected chi connectivity index (χ2v) is 9.27. The Kier molecular flexibility index (Phi) is 13.8. The quantitative estimate of drug-likeness (QED) is 0.157. The van der Waals surface area contributed by atoms with Crippen LogP contribution in [0.4, 0.5) is 4.79 Å². The molecule has 3 atom stereocenters. The minimum atomic E-state index is -1.19. The number of carbonyl (C=O) groups is 6. The van der Waals surface area contributed by atoms with Crippen LogP contribution in [0.5, 0.6) is 0 Å². The molecule has 13 heteroatoms. The number of alkyl carbamates (subject to hydrolysis) is 1. The number of hydrogen-bond acceptors (Lipinski definition) is 9. The number of primary amides is 1. The summed E-state index contributed by atoms with van der Waals surface area (Å²) in [5.74, 6) is -3.09. The van der Waals surface area contributed by atoms with Gasteiger partial charge in [0.25, 0.3) is 0 Å². The van der Waals surface area contributed by atoms with Crippen molar-refractivity contribution in [3.63, 3.8) is 0 Å². The molecule has 1 heterocycles. The van der Waals surface area contributed by atoms with Gasteiger partial charge in [-0.1, -0.05) is 36.4 Å². The first-order chi connectivity index (χ1) is 19.7. The van der Waals surface area contributed by atoms with Crippen molar-refractivity contribution in [3.05, 3.63) is 48.0 Å². The fourth-order valence-electron chi connectivity index (χ4n) is 4.24. The Hall–Kier alpha value is -4.42. The van der Waals surface area contributed by atoms with E-state index in [-0.39, 0.29) is 45.4 Å². The summed E-state index contributed by atoms with van der Waals surface area (Å²) in [7, 11) is 1.22. The van der Waals surface area contributed by atoms with Crippen LogP contribution < -0.4 is 16.4 Å². The first-order valence-electron chi connectivity index (χ1n) is 13.4. The molecule has 1 aromatic rings. The van der Waals surface area contributed by atoms with Gasteiger partial charge in [0.15, 0.2) is 0 Å². The standard InChI is InChI=1S/C28H38N4O9/c1-3-40-24(34)14-8-7-12-20(31-28(38)41-18-19-10-5-4-6-11-19)25(35)30-21(15-16-23(29)33)26(36)32-17-9-13-22(32)27(37)39-2/h4-6,8,10-11,14,20-22H,3,7,9,12-13,15-18H2,1-2H3,(H2,29,33)(H,30,35)(H,31,38)/b14-8+/t20-,21-,22-/m0/s1. The van der Waals surface area contributed by atoms with Crippen molar-refractivity contribution >= 4 is 35.8 Å². The fraction of sp³-hybridized carbons (Fsp3) is 0.500. The first-order valence-corrected chi connectivity index (χ1v) is 13.4. The number of allylic oxidation sites excluding steroid dienone is 1. The van der Waals surface area contributed by atoms with E-state index in [2.05, 4.69) is 10.6 Å². The molecule has 13 nitrogen and oxygen atoms in total. The summed E-state index contributed by atoms with van der Waals surface area (Å²) < 4.78 is 14.9. The van der Waals surface area contributed by atoms with E-state index in [1.165, 1.54) is 24.2 Å². The number of nitrogens with one attached hydrogen (secondary N) is 2. The van der Waals surface area contributed by atoms with Crippen LogP contribution >= 0.6 is 0 Å². The third kappa shape index (κ3) is 11.3. The third-order valence-electron chi connectivity index (χ3n) is 6.29. The number of ether oxygens (including phenoxy) is 3. The molecular weight excluding hydrogens is 536 g/mol. The summed E-state index contributed by atoms with van der Waals surface area (Å²) in [6.45, 7) is 2.11. The molecule has 0 bridgehead atoms. The smallest absolute Gasteiger partial charge is 0.408 e. The molecule has 0 aliphatic carbocycles. The van der Waals surface area contributed by atoms with Crippen molar-refractivity contribution < 1.29 is 43.0 Å². The van der Waals surface area contributed by atoms with Crippen molar-refractivity contribution in [2.75, 3.05) is 20.3 Å². The molecule has 0 spiro atoms. The molecule has 0 unspecified atom stereocenters. The molecule has 0 saturated carbocycles. The van der Waals surface area contributed by atoms with Crippen LogP contribution in [-0.4, -0.2) is 79.0 Å². The van der Waals surface area contributed by atoms with Crippen molar-refractivity contribution in [3.8, 4) is 0 Å². The van der Waals surface area contributed by atoms with Gasteiger partial charge in [0.1, 0.15) is 24.7 Å². The normalized spacial score (nSPS) is 16.0. The Morgan fingerprint density at radius 2 is 1.78 bits per heavy atom. The Labute approximate surface area is 238 Å². The van der Waals surface area contributed by atoms with Gasteiger partial charge in [-0.15, -0.1) is 0 Å². The highest BCUT2D eigenvalue weighted by atomic mass is 16.5. The molecule has 1 saturated heterocycles. The average Bonchev–Trinajstić information content (AvgIpc) is 3.45. The molecule has 0 radical (unpaired) electrons. The van der Waals surface area contributed by atoms with Crippen molar-refractivity contribution in [1.82, 2.24) is 15.5 Å². The van der Waals surface area contributed by atoms with Crippen molar-refractivity contribution in [2.45, 2.75) is 70.2 Å². The number of methoxy groups -OCH3 is 1. The topological polar surface area (TPSA) is 183 Å². The van der Waals surface area contributed by atoms with E-state index in [1.54, 1.807) is 31.2 Å². The molecule has 4 amide bonds. The molecule has 1 aliphatic heterocycles. The molecule has 4 N–H and O–H groups in total.